The molecule has 4 rings (SSSR count). The Labute approximate surface area is 131 Å². The van der Waals surface area contributed by atoms with Crippen LogP contribution in [0.5, 0.6) is 0 Å². The van der Waals surface area contributed by atoms with Crippen LogP contribution in [0.1, 0.15) is 20.9 Å². The number of halogens is 1. The molecule has 1 aliphatic heterocycles. The van der Waals surface area contributed by atoms with E-state index in [4.69, 9.17) is 11.6 Å². The van der Waals surface area contributed by atoms with E-state index >= 15 is 0 Å². The molecule has 3 aromatic rings. The molecule has 0 saturated carbocycles. The summed E-state index contributed by atoms with van der Waals surface area (Å²) in [6, 6.07) is 9.67. The van der Waals surface area contributed by atoms with Gasteiger partial charge in [0.1, 0.15) is 0 Å². The number of aromatic nitrogens is 1. The van der Waals surface area contributed by atoms with Gasteiger partial charge in [0, 0.05) is 46.7 Å². The molecular formula is C16H13ClN2OS. The largest absolute Gasteiger partial charge is 0.358 e. The van der Waals surface area contributed by atoms with Crippen molar-refractivity contribution in [1.29, 1.82) is 0 Å². The maximum absolute atomic E-state index is 12.5. The van der Waals surface area contributed by atoms with Gasteiger partial charge >= 0.3 is 0 Å². The average molecular weight is 317 g/mol. The zero-order valence-electron chi connectivity index (χ0n) is 11.2. The number of H-pyrrole nitrogens is 1. The highest BCUT2D eigenvalue weighted by Gasteiger charge is 2.25. The van der Waals surface area contributed by atoms with E-state index in [2.05, 4.69) is 4.98 Å². The van der Waals surface area contributed by atoms with Crippen molar-refractivity contribution in [3.63, 3.8) is 0 Å². The third-order valence-electron chi connectivity index (χ3n) is 3.96. The van der Waals surface area contributed by atoms with E-state index in [1.807, 2.05) is 40.6 Å². The Morgan fingerprint density at radius 2 is 2.24 bits per heavy atom. The Hall–Kier alpha value is -1.78. The minimum atomic E-state index is 0.118. The molecule has 2 aromatic heterocycles. The molecule has 106 valence electrons. The standard InChI is InChI=1S/C16H13ClN2OS/c17-10-3-4-13-11(8-10)12-9-19(6-5-14(12)18-13)16(20)15-2-1-7-21-15/h1-4,7-8,18H,5-6,9H2. The molecule has 3 nitrogen and oxygen atoms in total. The lowest BCUT2D eigenvalue weighted by molar-refractivity contribution is 0.0740. The number of hydrogen-bond donors (Lipinski definition) is 1. The van der Waals surface area contributed by atoms with Crippen LogP contribution in [0.3, 0.4) is 0 Å². The van der Waals surface area contributed by atoms with Gasteiger partial charge in [-0.3, -0.25) is 4.79 Å². The minimum Gasteiger partial charge on any atom is -0.358 e. The highest BCUT2D eigenvalue weighted by Crippen LogP contribution is 2.30. The highest BCUT2D eigenvalue weighted by molar-refractivity contribution is 7.12. The van der Waals surface area contributed by atoms with Crippen molar-refractivity contribution < 1.29 is 4.79 Å². The maximum atomic E-state index is 12.5. The summed E-state index contributed by atoms with van der Waals surface area (Å²) >= 11 is 7.60. The first-order valence-electron chi connectivity index (χ1n) is 6.84. The Bertz CT molecular complexity index is 822. The highest BCUT2D eigenvalue weighted by atomic mass is 35.5. The molecule has 1 aliphatic rings. The molecule has 1 N–H and O–H groups in total. The van der Waals surface area contributed by atoms with Crippen molar-refractivity contribution in [1.82, 2.24) is 9.88 Å². The quantitative estimate of drug-likeness (QED) is 0.721. The molecule has 0 fully saturated rings. The molecule has 0 aliphatic carbocycles. The number of thiophene rings is 1. The molecule has 5 heteroatoms. The zero-order chi connectivity index (χ0) is 14.4. The van der Waals surface area contributed by atoms with E-state index < -0.39 is 0 Å². The van der Waals surface area contributed by atoms with Crippen molar-refractivity contribution in [3.05, 3.63) is 56.9 Å². The summed E-state index contributed by atoms with van der Waals surface area (Å²) in [6.07, 6.45) is 0.860. The summed E-state index contributed by atoms with van der Waals surface area (Å²) in [5, 5.41) is 3.79. The normalized spacial score (nSPS) is 14.4. The molecule has 1 aromatic carbocycles. The Balaban J connectivity index is 1.72. The summed E-state index contributed by atoms with van der Waals surface area (Å²) < 4.78 is 0. The number of benzene rings is 1. The number of rotatable bonds is 1. The summed E-state index contributed by atoms with van der Waals surface area (Å²) in [7, 11) is 0. The lowest BCUT2D eigenvalue weighted by atomic mass is 10.0. The van der Waals surface area contributed by atoms with Crippen molar-refractivity contribution in [2.45, 2.75) is 13.0 Å². The van der Waals surface area contributed by atoms with Crippen LogP contribution in [0.4, 0.5) is 0 Å². The fourth-order valence-corrected chi connectivity index (χ4v) is 3.78. The van der Waals surface area contributed by atoms with Crippen molar-refractivity contribution in [3.8, 4) is 0 Å². The number of fused-ring (bicyclic) bond motifs is 3. The molecule has 1 amide bonds. The molecule has 0 bridgehead atoms. The van der Waals surface area contributed by atoms with Crippen molar-refractivity contribution >= 4 is 39.7 Å². The fraction of sp³-hybridized carbons (Fsp3) is 0.188. The molecule has 0 spiro atoms. The van der Waals surface area contributed by atoms with Gasteiger partial charge < -0.3 is 9.88 Å². The first kappa shape index (κ1) is 12.9. The van der Waals surface area contributed by atoms with Crippen LogP contribution in [-0.4, -0.2) is 22.3 Å². The summed E-state index contributed by atoms with van der Waals surface area (Å²) in [6.45, 7) is 1.40. The Morgan fingerprint density at radius 3 is 3.05 bits per heavy atom. The molecule has 0 atom stereocenters. The monoisotopic (exact) mass is 316 g/mol. The molecule has 0 radical (unpaired) electrons. The predicted octanol–water partition coefficient (Wildman–Crippen LogP) is 4.08. The molecule has 0 saturated heterocycles. The lowest BCUT2D eigenvalue weighted by Gasteiger charge is -2.26. The second-order valence-electron chi connectivity index (χ2n) is 5.23. The number of amides is 1. The van der Waals surface area contributed by atoms with Crippen LogP contribution in [-0.2, 0) is 13.0 Å². The lowest BCUT2D eigenvalue weighted by Crippen LogP contribution is -2.35. The van der Waals surface area contributed by atoms with E-state index in [1.54, 1.807) is 0 Å². The Kier molecular flexibility index (Phi) is 3.01. The van der Waals surface area contributed by atoms with Gasteiger partial charge in [-0.05, 0) is 29.6 Å². The van der Waals surface area contributed by atoms with Gasteiger partial charge in [0.2, 0.25) is 0 Å². The zero-order valence-corrected chi connectivity index (χ0v) is 12.8. The van der Waals surface area contributed by atoms with E-state index in [9.17, 15) is 4.79 Å². The third kappa shape index (κ3) is 2.15. The number of carbonyl (C=O) groups excluding carboxylic acids is 1. The van der Waals surface area contributed by atoms with Gasteiger partial charge in [0.25, 0.3) is 5.91 Å². The molecule has 3 heterocycles. The smallest absolute Gasteiger partial charge is 0.264 e. The van der Waals surface area contributed by atoms with Crippen LogP contribution in [0.25, 0.3) is 10.9 Å². The van der Waals surface area contributed by atoms with Crippen LogP contribution in [0.15, 0.2) is 35.7 Å². The maximum Gasteiger partial charge on any atom is 0.264 e. The van der Waals surface area contributed by atoms with Gasteiger partial charge in [-0.2, -0.15) is 0 Å². The number of nitrogens with one attached hydrogen (secondary N) is 1. The van der Waals surface area contributed by atoms with Gasteiger partial charge in [-0.25, -0.2) is 0 Å². The van der Waals surface area contributed by atoms with E-state index in [0.717, 1.165) is 33.8 Å². The van der Waals surface area contributed by atoms with Crippen LogP contribution < -0.4 is 0 Å². The second kappa shape index (κ2) is 4.90. The molecular weight excluding hydrogens is 304 g/mol. The summed E-state index contributed by atoms with van der Waals surface area (Å²) in [5.74, 6) is 0.118. The van der Waals surface area contributed by atoms with E-state index in [-0.39, 0.29) is 5.91 Å². The van der Waals surface area contributed by atoms with E-state index in [1.165, 1.54) is 22.6 Å². The van der Waals surface area contributed by atoms with Crippen molar-refractivity contribution in [2.24, 2.45) is 0 Å². The number of hydrogen-bond acceptors (Lipinski definition) is 2. The van der Waals surface area contributed by atoms with Gasteiger partial charge in [0.15, 0.2) is 0 Å². The van der Waals surface area contributed by atoms with E-state index in [0.29, 0.717) is 6.54 Å². The number of carbonyl (C=O) groups is 1. The Morgan fingerprint density at radius 1 is 1.33 bits per heavy atom. The number of aromatic amines is 1. The topological polar surface area (TPSA) is 36.1 Å². The van der Waals surface area contributed by atoms with Gasteiger partial charge in [-0.15, -0.1) is 11.3 Å². The third-order valence-corrected chi connectivity index (χ3v) is 5.05. The number of nitrogens with zero attached hydrogens (tertiary/aromatic N) is 1. The summed E-state index contributed by atoms with van der Waals surface area (Å²) in [4.78, 5) is 18.7. The van der Waals surface area contributed by atoms with Crippen LogP contribution in [0.2, 0.25) is 5.02 Å². The second-order valence-corrected chi connectivity index (χ2v) is 6.61. The minimum absolute atomic E-state index is 0.118. The SMILES string of the molecule is O=C(c1cccs1)N1CCc2[nH]c3ccc(Cl)cc3c2C1. The fourth-order valence-electron chi connectivity index (χ4n) is 2.92. The first-order chi connectivity index (χ1) is 10.2. The van der Waals surface area contributed by atoms with Crippen LogP contribution >= 0.6 is 22.9 Å². The predicted molar refractivity (Wildman–Crippen MR) is 86.1 cm³/mol. The molecule has 21 heavy (non-hydrogen) atoms. The van der Waals surface area contributed by atoms with Crippen molar-refractivity contribution in [2.75, 3.05) is 6.54 Å². The van der Waals surface area contributed by atoms with Crippen LogP contribution in [0, 0.1) is 0 Å². The molecule has 0 unspecified atom stereocenters. The first-order valence-corrected chi connectivity index (χ1v) is 8.10. The summed E-state index contributed by atoms with van der Waals surface area (Å²) in [5.41, 5.74) is 3.51. The van der Waals surface area contributed by atoms with Gasteiger partial charge in [-0.1, -0.05) is 17.7 Å². The van der Waals surface area contributed by atoms with Gasteiger partial charge in [0.05, 0.1) is 4.88 Å². The average Bonchev–Trinajstić information content (AvgIpc) is 3.13.